The average molecular weight is 290 g/mol. The average Bonchev–Trinajstić information content (AvgIpc) is 2.48. The van der Waals surface area contributed by atoms with E-state index in [9.17, 15) is 0 Å². The molecule has 3 unspecified atom stereocenters. The van der Waals surface area contributed by atoms with Crippen LogP contribution in [0.1, 0.15) is 58.9 Å². The third kappa shape index (κ3) is 4.08. The van der Waals surface area contributed by atoms with Crippen LogP contribution in [0.4, 0.5) is 11.6 Å². The van der Waals surface area contributed by atoms with E-state index < -0.39 is 0 Å². The molecule has 4 heteroatoms. The van der Waals surface area contributed by atoms with Crippen LogP contribution in [0, 0.1) is 11.8 Å². The van der Waals surface area contributed by atoms with Crippen LogP contribution in [0.2, 0.25) is 0 Å². The molecule has 2 N–H and O–H groups in total. The van der Waals surface area contributed by atoms with E-state index in [-0.39, 0.29) is 0 Å². The Morgan fingerprint density at radius 3 is 2.57 bits per heavy atom. The van der Waals surface area contributed by atoms with Crippen molar-refractivity contribution in [1.82, 2.24) is 9.97 Å². The van der Waals surface area contributed by atoms with Crippen LogP contribution in [0.5, 0.6) is 0 Å². The molecule has 0 radical (unpaired) electrons. The van der Waals surface area contributed by atoms with Gasteiger partial charge in [0.1, 0.15) is 18.0 Å². The van der Waals surface area contributed by atoms with E-state index in [0.717, 1.165) is 36.9 Å². The molecule has 1 fully saturated rings. The van der Waals surface area contributed by atoms with Crippen molar-refractivity contribution in [3.8, 4) is 0 Å². The van der Waals surface area contributed by atoms with Gasteiger partial charge < -0.3 is 10.6 Å². The molecular formula is C17H30N4. The highest BCUT2D eigenvalue weighted by atomic mass is 15.1. The summed E-state index contributed by atoms with van der Waals surface area (Å²) in [5.41, 5.74) is 1.22. The van der Waals surface area contributed by atoms with Crippen LogP contribution in [-0.2, 0) is 6.42 Å². The molecule has 0 spiro atoms. The van der Waals surface area contributed by atoms with E-state index in [1.807, 2.05) is 0 Å². The van der Waals surface area contributed by atoms with E-state index in [4.69, 9.17) is 0 Å². The predicted octanol–water partition coefficient (Wildman–Crippen LogP) is 4.10. The number of rotatable bonds is 6. The minimum atomic E-state index is 0.542. The molecule has 0 amide bonds. The highest BCUT2D eigenvalue weighted by Gasteiger charge is 2.26. The summed E-state index contributed by atoms with van der Waals surface area (Å²) in [4.78, 5) is 8.91. The lowest BCUT2D eigenvalue weighted by atomic mass is 9.80. The van der Waals surface area contributed by atoms with E-state index in [1.54, 1.807) is 6.33 Å². The van der Waals surface area contributed by atoms with Gasteiger partial charge in [0.05, 0.1) is 0 Å². The van der Waals surface area contributed by atoms with Crippen molar-refractivity contribution < 1.29 is 0 Å². The minimum absolute atomic E-state index is 0.542. The lowest BCUT2D eigenvalue weighted by Crippen LogP contribution is -2.33. The zero-order valence-corrected chi connectivity index (χ0v) is 13.9. The molecule has 1 aliphatic carbocycles. The van der Waals surface area contributed by atoms with Crippen molar-refractivity contribution >= 4 is 11.6 Å². The van der Waals surface area contributed by atoms with Crippen LogP contribution in [0.15, 0.2) is 6.33 Å². The first-order valence-electron chi connectivity index (χ1n) is 8.49. The van der Waals surface area contributed by atoms with Gasteiger partial charge in [0.25, 0.3) is 0 Å². The van der Waals surface area contributed by atoms with E-state index in [1.165, 1.54) is 24.8 Å². The third-order valence-electron chi connectivity index (χ3n) is 4.59. The molecule has 3 atom stereocenters. The monoisotopic (exact) mass is 290 g/mol. The fourth-order valence-electron chi connectivity index (χ4n) is 3.32. The number of hydrogen-bond donors (Lipinski definition) is 2. The number of nitrogens with one attached hydrogen (secondary N) is 2. The Labute approximate surface area is 129 Å². The first kappa shape index (κ1) is 16.1. The first-order chi connectivity index (χ1) is 10.2. The van der Waals surface area contributed by atoms with Crippen LogP contribution in [0.3, 0.4) is 0 Å². The molecule has 1 saturated carbocycles. The maximum Gasteiger partial charge on any atom is 0.134 e. The molecule has 1 aliphatic rings. The second-order valence-corrected chi connectivity index (χ2v) is 6.48. The maximum atomic E-state index is 4.50. The Morgan fingerprint density at radius 1 is 1.14 bits per heavy atom. The van der Waals surface area contributed by atoms with Crippen molar-refractivity contribution in [3.05, 3.63) is 11.9 Å². The molecule has 0 aliphatic heterocycles. The molecule has 1 aromatic rings. The van der Waals surface area contributed by atoms with Gasteiger partial charge in [-0.3, -0.25) is 0 Å². The quantitative estimate of drug-likeness (QED) is 0.828. The Kier molecular flexibility index (Phi) is 5.83. The summed E-state index contributed by atoms with van der Waals surface area (Å²) in [6, 6.07) is 0.542. The molecule has 2 rings (SSSR count). The number of aromatic nitrogens is 2. The SMILES string of the molecule is CCCNc1ncnc(NC2CCC(C)CC2C)c1CC. The van der Waals surface area contributed by atoms with Crippen LogP contribution >= 0.6 is 0 Å². The smallest absolute Gasteiger partial charge is 0.134 e. The van der Waals surface area contributed by atoms with E-state index in [0.29, 0.717) is 12.0 Å². The van der Waals surface area contributed by atoms with Gasteiger partial charge in [-0.15, -0.1) is 0 Å². The Bertz CT molecular complexity index is 446. The molecule has 118 valence electrons. The molecule has 4 nitrogen and oxygen atoms in total. The summed E-state index contributed by atoms with van der Waals surface area (Å²) >= 11 is 0. The van der Waals surface area contributed by atoms with E-state index in [2.05, 4.69) is 48.3 Å². The van der Waals surface area contributed by atoms with Gasteiger partial charge in [-0.05, 0) is 43.9 Å². The fraction of sp³-hybridized carbons (Fsp3) is 0.765. The standard InChI is InChI=1S/C17H30N4/c1-5-9-18-16-14(6-2)17(20-11-19-16)21-15-8-7-12(3)10-13(15)4/h11-13,15H,5-10H2,1-4H3,(H2,18,19,20,21). The first-order valence-corrected chi connectivity index (χ1v) is 8.49. The summed E-state index contributed by atoms with van der Waals surface area (Å²) in [6.07, 6.45) is 7.60. The van der Waals surface area contributed by atoms with Gasteiger partial charge >= 0.3 is 0 Å². The topological polar surface area (TPSA) is 49.8 Å². The molecule has 21 heavy (non-hydrogen) atoms. The van der Waals surface area contributed by atoms with Gasteiger partial charge in [0, 0.05) is 18.2 Å². The Morgan fingerprint density at radius 2 is 1.90 bits per heavy atom. The molecule has 0 aromatic carbocycles. The van der Waals surface area contributed by atoms with Crippen LogP contribution in [-0.4, -0.2) is 22.6 Å². The lowest BCUT2D eigenvalue weighted by Gasteiger charge is -2.34. The zero-order chi connectivity index (χ0) is 15.2. The number of nitrogens with zero attached hydrogens (tertiary/aromatic N) is 2. The minimum Gasteiger partial charge on any atom is -0.370 e. The van der Waals surface area contributed by atoms with Gasteiger partial charge in [-0.1, -0.05) is 27.7 Å². The highest BCUT2D eigenvalue weighted by molar-refractivity contribution is 5.57. The van der Waals surface area contributed by atoms with Crippen molar-refractivity contribution in [2.24, 2.45) is 11.8 Å². The van der Waals surface area contributed by atoms with Crippen molar-refractivity contribution in [2.45, 2.75) is 65.8 Å². The second kappa shape index (κ2) is 7.62. The summed E-state index contributed by atoms with van der Waals surface area (Å²) in [5, 5.41) is 7.12. The highest BCUT2D eigenvalue weighted by Crippen LogP contribution is 2.31. The molecule has 1 heterocycles. The summed E-state index contributed by atoms with van der Waals surface area (Å²) in [6.45, 7) is 10.0. The molecule has 0 saturated heterocycles. The zero-order valence-electron chi connectivity index (χ0n) is 13.9. The molecular weight excluding hydrogens is 260 g/mol. The van der Waals surface area contributed by atoms with Gasteiger partial charge in [0.2, 0.25) is 0 Å². The normalized spacial score (nSPS) is 25.6. The fourth-order valence-corrected chi connectivity index (χ4v) is 3.32. The van der Waals surface area contributed by atoms with Gasteiger partial charge in [0.15, 0.2) is 0 Å². The number of hydrogen-bond acceptors (Lipinski definition) is 4. The van der Waals surface area contributed by atoms with Crippen molar-refractivity contribution in [1.29, 1.82) is 0 Å². The lowest BCUT2D eigenvalue weighted by molar-refractivity contribution is 0.276. The van der Waals surface area contributed by atoms with Gasteiger partial charge in [-0.2, -0.15) is 0 Å². The molecule has 0 bridgehead atoms. The second-order valence-electron chi connectivity index (χ2n) is 6.48. The van der Waals surface area contributed by atoms with E-state index >= 15 is 0 Å². The Hall–Kier alpha value is -1.32. The number of anilines is 2. The summed E-state index contributed by atoms with van der Waals surface area (Å²) < 4.78 is 0. The largest absolute Gasteiger partial charge is 0.370 e. The van der Waals surface area contributed by atoms with Crippen LogP contribution in [0.25, 0.3) is 0 Å². The molecule has 1 aromatic heterocycles. The third-order valence-corrected chi connectivity index (χ3v) is 4.59. The van der Waals surface area contributed by atoms with Crippen molar-refractivity contribution in [3.63, 3.8) is 0 Å². The summed E-state index contributed by atoms with van der Waals surface area (Å²) in [7, 11) is 0. The Balaban J connectivity index is 2.11. The summed E-state index contributed by atoms with van der Waals surface area (Å²) in [5.74, 6) is 3.59. The van der Waals surface area contributed by atoms with Gasteiger partial charge in [-0.25, -0.2) is 9.97 Å². The van der Waals surface area contributed by atoms with Crippen LogP contribution < -0.4 is 10.6 Å². The van der Waals surface area contributed by atoms with Crippen molar-refractivity contribution in [2.75, 3.05) is 17.2 Å². The maximum absolute atomic E-state index is 4.50. The predicted molar refractivity (Wildman–Crippen MR) is 89.8 cm³/mol.